The molecule has 0 unspecified atom stereocenters. The maximum absolute atomic E-state index is 13.2. The van der Waals surface area contributed by atoms with E-state index in [-0.39, 0.29) is 16.7 Å². The minimum Gasteiger partial charge on any atom is -0.409 e. The Morgan fingerprint density at radius 2 is 2.33 bits per heavy atom. The van der Waals surface area contributed by atoms with E-state index in [4.69, 9.17) is 22.5 Å². The smallest absolute Gasteiger partial charge is 0.219 e. The van der Waals surface area contributed by atoms with Crippen molar-refractivity contribution in [2.75, 3.05) is 0 Å². The van der Waals surface area contributed by atoms with Gasteiger partial charge in [0.05, 0.1) is 11.6 Å². The van der Waals surface area contributed by atoms with Crippen LogP contribution in [-0.2, 0) is 6.54 Å². The predicted octanol–water partition coefficient (Wildman–Crippen LogP) is 1.21. The Bertz CT molecular complexity index is 598. The number of nitrogens with zero attached hydrogens (tertiary/aromatic N) is 4. The minimum absolute atomic E-state index is 0.0645. The van der Waals surface area contributed by atoms with Crippen LogP contribution < -0.4 is 5.73 Å². The number of hydrogen-bond acceptors (Lipinski definition) is 4. The average Bonchev–Trinajstić information content (AvgIpc) is 2.81. The lowest BCUT2D eigenvalue weighted by Gasteiger charge is -2.02. The topological polar surface area (TPSA) is 89.3 Å². The van der Waals surface area contributed by atoms with Crippen LogP contribution in [-0.4, -0.2) is 25.8 Å². The summed E-state index contributed by atoms with van der Waals surface area (Å²) in [4.78, 5) is 3.84. The van der Waals surface area contributed by atoms with Gasteiger partial charge in [-0.15, -0.1) is 5.10 Å². The van der Waals surface area contributed by atoms with Crippen molar-refractivity contribution >= 4 is 17.4 Å². The van der Waals surface area contributed by atoms with E-state index >= 15 is 0 Å². The first kappa shape index (κ1) is 12.3. The van der Waals surface area contributed by atoms with Gasteiger partial charge in [-0.05, 0) is 17.7 Å². The third kappa shape index (κ3) is 2.57. The Morgan fingerprint density at radius 1 is 1.56 bits per heavy atom. The fourth-order valence-corrected chi connectivity index (χ4v) is 1.48. The molecule has 18 heavy (non-hydrogen) atoms. The van der Waals surface area contributed by atoms with Crippen LogP contribution in [0.3, 0.4) is 0 Å². The molecule has 94 valence electrons. The molecule has 0 saturated heterocycles. The van der Waals surface area contributed by atoms with Crippen LogP contribution in [0.4, 0.5) is 4.39 Å². The van der Waals surface area contributed by atoms with Crippen molar-refractivity contribution < 1.29 is 9.60 Å². The SMILES string of the molecule is N/C(=N/O)c1ncn(Cc2ccc(Cl)c(F)c2)n1. The average molecular weight is 270 g/mol. The second-order valence-electron chi connectivity index (χ2n) is 3.50. The fraction of sp³-hybridized carbons (Fsp3) is 0.100. The summed E-state index contributed by atoms with van der Waals surface area (Å²) in [5.74, 6) is -0.575. The Balaban J connectivity index is 2.18. The lowest BCUT2D eigenvalue weighted by Crippen LogP contribution is -2.15. The molecule has 1 heterocycles. The van der Waals surface area contributed by atoms with Gasteiger partial charge in [0.1, 0.15) is 12.1 Å². The van der Waals surface area contributed by atoms with Gasteiger partial charge in [-0.2, -0.15) is 0 Å². The van der Waals surface area contributed by atoms with Crippen molar-refractivity contribution in [3.8, 4) is 0 Å². The number of oxime groups is 1. The van der Waals surface area contributed by atoms with E-state index < -0.39 is 5.82 Å². The standard InChI is InChI=1S/C10H9ClFN5O/c11-7-2-1-6(3-8(7)12)4-17-5-14-10(15-17)9(13)16-18/h1-3,5,18H,4H2,(H2,13,16). The quantitative estimate of drug-likeness (QED) is 0.379. The van der Waals surface area contributed by atoms with E-state index in [9.17, 15) is 4.39 Å². The largest absolute Gasteiger partial charge is 0.409 e. The van der Waals surface area contributed by atoms with Crippen molar-refractivity contribution in [3.05, 3.63) is 46.8 Å². The first-order chi connectivity index (χ1) is 8.60. The highest BCUT2D eigenvalue weighted by Crippen LogP contribution is 2.16. The van der Waals surface area contributed by atoms with E-state index in [2.05, 4.69) is 15.2 Å². The molecule has 0 atom stereocenters. The zero-order valence-electron chi connectivity index (χ0n) is 9.09. The molecule has 0 spiro atoms. The monoisotopic (exact) mass is 269 g/mol. The number of hydrogen-bond donors (Lipinski definition) is 2. The zero-order valence-corrected chi connectivity index (χ0v) is 9.84. The molecular formula is C10H9ClFN5O. The highest BCUT2D eigenvalue weighted by Gasteiger charge is 2.07. The second-order valence-corrected chi connectivity index (χ2v) is 3.91. The molecule has 1 aromatic carbocycles. The van der Waals surface area contributed by atoms with E-state index in [1.54, 1.807) is 6.07 Å². The maximum atomic E-state index is 13.2. The van der Waals surface area contributed by atoms with Gasteiger partial charge in [-0.25, -0.2) is 14.1 Å². The number of aromatic nitrogens is 3. The molecule has 0 bridgehead atoms. The van der Waals surface area contributed by atoms with Gasteiger partial charge in [0, 0.05) is 0 Å². The van der Waals surface area contributed by atoms with E-state index in [1.807, 2.05) is 0 Å². The number of amidine groups is 1. The van der Waals surface area contributed by atoms with Crippen LogP contribution in [0.5, 0.6) is 0 Å². The van der Waals surface area contributed by atoms with Crippen LogP contribution in [0.2, 0.25) is 5.02 Å². The normalized spacial score (nSPS) is 11.8. The van der Waals surface area contributed by atoms with Crippen molar-refractivity contribution in [1.82, 2.24) is 14.8 Å². The summed E-state index contributed by atoms with van der Waals surface area (Å²) in [6.45, 7) is 0.305. The summed E-state index contributed by atoms with van der Waals surface area (Å²) in [7, 11) is 0. The van der Waals surface area contributed by atoms with E-state index in [0.717, 1.165) is 0 Å². The minimum atomic E-state index is -0.494. The van der Waals surface area contributed by atoms with Crippen molar-refractivity contribution in [3.63, 3.8) is 0 Å². The summed E-state index contributed by atoms with van der Waals surface area (Å²) in [6, 6.07) is 4.46. The van der Waals surface area contributed by atoms with E-state index in [0.29, 0.717) is 12.1 Å². The summed E-state index contributed by atoms with van der Waals surface area (Å²) >= 11 is 5.58. The summed E-state index contributed by atoms with van der Waals surface area (Å²) in [5.41, 5.74) is 6.00. The summed E-state index contributed by atoms with van der Waals surface area (Å²) in [5, 5.41) is 15.3. The molecule has 0 fully saturated rings. The Hall–Kier alpha value is -2.15. The molecular weight excluding hydrogens is 261 g/mol. The van der Waals surface area contributed by atoms with Gasteiger partial charge in [0.25, 0.3) is 0 Å². The Morgan fingerprint density at radius 3 is 3.00 bits per heavy atom. The van der Waals surface area contributed by atoms with Crippen molar-refractivity contribution in [2.24, 2.45) is 10.9 Å². The van der Waals surface area contributed by atoms with Crippen LogP contribution in [0.15, 0.2) is 29.7 Å². The van der Waals surface area contributed by atoms with E-state index in [1.165, 1.54) is 23.1 Å². The molecule has 0 amide bonds. The maximum Gasteiger partial charge on any atom is 0.219 e. The molecule has 0 saturated carbocycles. The highest BCUT2D eigenvalue weighted by molar-refractivity contribution is 6.30. The summed E-state index contributed by atoms with van der Waals surface area (Å²) in [6.07, 6.45) is 1.40. The molecule has 6 nitrogen and oxygen atoms in total. The predicted molar refractivity (Wildman–Crippen MR) is 63.0 cm³/mol. The van der Waals surface area contributed by atoms with Gasteiger partial charge in [-0.1, -0.05) is 22.8 Å². The van der Waals surface area contributed by atoms with Gasteiger partial charge in [0.2, 0.25) is 11.7 Å². The fourth-order valence-electron chi connectivity index (χ4n) is 1.36. The molecule has 0 aliphatic rings. The number of nitrogens with two attached hydrogens (primary N) is 1. The second kappa shape index (κ2) is 5.01. The van der Waals surface area contributed by atoms with Gasteiger partial charge < -0.3 is 10.9 Å². The lowest BCUT2D eigenvalue weighted by atomic mass is 10.2. The lowest BCUT2D eigenvalue weighted by molar-refractivity contribution is 0.318. The molecule has 1 aromatic heterocycles. The van der Waals surface area contributed by atoms with Crippen LogP contribution >= 0.6 is 11.6 Å². The number of halogens is 2. The Labute approximate surface area is 106 Å². The molecule has 2 rings (SSSR count). The summed E-state index contributed by atoms with van der Waals surface area (Å²) < 4.78 is 14.7. The number of benzene rings is 1. The van der Waals surface area contributed by atoms with Crippen LogP contribution in [0.25, 0.3) is 0 Å². The first-order valence-corrected chi connectivity index (χ1v) is 5.29. The first-order valence-electron chi connectivity index (χ1n) is 4.91. The molecule has 0 aliphatic carbocycles. The van der Waals surface area contributed by atoms with Crippen molar-refractivity contribution in [1.29, 1.82) is 0 Å². The van der Waals surface area contributed by atoms with Gasteiger partial charge in [-0.3, -0.25) is 0 Å². The van der Waals surface area contributed by atoms with Gasteiger partial charge >= 0.3 is 0 Å². The van der Waals surface area contributed by atoms with Crippen molar-refractivity contribution in [2.45, 2.75) is 6.54 Å². The molecule has 0 aliphatic heterocycles. The molecule has 8 heteroatoms. The third-order valence-electron chi connectivity index (χ3n) is 2.20. The highest BCUT2D eigenvalue weighted by atomic mass is 35.5. The number of rotatable bonds is 3. The molecule has 2 aromatic rings. The molecule has 3 N–H and O–H groups in total. The molecule has 0 radical (unpaired) electrons. The third-order valence-corrected chi connectivity index (χ3v) is 2.51. The zero-order chi connectivity index (χ0) is 13.1. The Kier molecular flexibility index (Phi) is 3.42. The van der Waals surface area contributed by atoms with Crippen LogP contribution in [0.1, 0.15) is 11.4 Å². The van der Waals surface area contributed by atoms with Crippen LogP contribution in [0, 0.1) is 5.82 Å². The van der Waals surface area contributed by atoms with Gasteiger partial charge in [0.15, 0.2) is 0 Å².